The maximum Gasteiger partial charge on any atom is 0.326 e. The molecule has 2 amide bonds. The van der Waals surface area contributed by atoms with Gasteiger partial charge in [0.1, 0.15) is 6.04 Å². The second-order valence-electron chi connectivity index (χ2n) is 5.29. The molecule has 1 atom stereocenters. The average Bonchev–Trinajstić information content (AvgIpc) is 2.29. The van der Waals surface area contributed by atoms with Crippen LogP contribution in [-0.4, -0.2) is 66.6 Å². The second kappa shape index (κ2) is 7.96. The van der Waals surface area contributed by atoms with E-state index in [1.54, 1.807) is 20.8 Å². The van der Waals surface area contributed by atoms with Gasteiger partial charge in [0.15, 0.2) is 0 Å². The maximum atomic E-state index is 12.0. The van der Waals surface area contributed by atoms with Crippen molar-refractivity contribution in [3.8, 4) is 0 Å². The zero-order valence-electron chi connectivity index (χ0n) is 12.0. The highest BCUT2D eigenvalue weighted by molar-refractivity contribution is 5.83. The van der Waals surface area contributed by atoms with Gasteiger partial charge in [-0.3, -0.25) is 0 Å². The number of hydrogen-bond acceptors (Lipinski definition) is 4. The number of hydrogen-bond donors (Lipinski definition) is 3. The van der Waals surface area contributed by atoms with Crippen LogP contribution in [0.5, 0.6) is 0 Å². The summed E-state index contributed by atoms with van der Waals surface area (Å²) in [6, 6.07) is -1.52. The second-order valence-corrected chi connectivity index (χ2v) is 5.29. The number of ether oxygens (including phenoxy) is 1. The van der Waals surface area contributed by atoms with E-state index in [2.05, 4.69) is 5.32 Å². The summed E-state index contributed by atoms with van der Waals surface area (Å²) in [7, 11) is 1.50. The molecule has 0 aliphatic heterocycles. The summed E-state index contributed by atoms with van der Waals surface area (Å²) in [5.74, 6) is -1.09. The van der Waals surface area contributed by atoms with Gasteiger partial charge in [-0.15, -0.1) is 0 Å². The van der Waals surface area contributed by atoms with Crippen LogP contribution in [0.3, 0.4) is 0 Å². The maximum absolute atomic E-state index is 12.0. The SMILES string of the molecule is COCCN(CCO)C(=O)N[C@@H](C(=O)O)C(C)(C)C. The number of methoxy groups -OCH3 is 1. The molecule has 0 aromatic rings. The number of amides is 2. The van der Waals surface area contributed by atoms with Crippen LogP contribution in [0.25, 0.3) is 0 Å². The van der Waals surface area contributed by atoms with Crippen LogP contribution in [0.1, 0.15) is 20.8 Å². The van der Waals surface area contributed by atoms with Gasteiger partial charge in [0.2, 0.25) is 0 Å². The average molecular weight is 276 g/mol. The Kier molecular flexibility index (Phi) is 7.40. The summed E-state index contributed by atoms with van der Waals surface area (Å²) in [5, 5.41) is 20.5. The first-order valence-electron chi connectivity index (χ1n) is 6.12. The Labute approximate surface area is 113 Å². The Morgan fingerprint density at radius 2 is 1.89 bits per heavy atom. The number of carbonyl (C=O) groups excluding carboxylic acids is 1. The van der Waals surface area contributed by atoms with E-state index in [9.17, 15) is 9.59 Å². The summed E-state index contributed by atoms with van der Waals surface area (Å²) in [6.07, 6.45) is 0. The summed E-state index contributed by atoms with van der Waals surface area (Å²) in [4.78, 5) is 24.5. The van der Waals surface area contributed by atoms with Crippen molar-refractivity contribution in [1.82, 2.24) is 10.2 Å². The molecule has 0 fully saturated rings. The lowest BCUT2D eigenvalue weighted by atomic mass is 9.87. The Bertz CT molecular complexity index is 301. The van der Waals surface area contributed by atoms with E-state index in [1.807, 2.05) is 0 Å². The Balaban J connectivity index is 4.71. The minimum absolute atomic E-state index is 0.131. The number of nitrogens with one attached hydrogen (secondary N) is 1. The standard InChI is InChI=1S/C12H24N2O5/c1-12(2,3)9(10(16)17)13-11(18)14(5-7-15)6-8-19-4/h9,15H,5-8H2,1-4H3,(H,13,18)(H,16,17)/t9-/m0/s1. The smallest absolute Gasteiger partial charge is 0.326 e. The Morgan fingerprint density at radius 3 is 2.26 bits per heavy atom. The number of aliphatic hydroxyl groups is 1. The first-order chi connectivity index (χ1) is 8.73. The van der Waals surface area contributed by atoms with Gasteiger partial charge in [-0.05, 0) is 5.41 Å². The van der Waals surface area contributed by atoms with Crippen molar-refractivity contribution >= 4 is 12.0 Å². The molecule has 0 unspecified atom stereocenters. The van der Waals surface area contributed by atoms with Crippen molar-refractivity contribution < 1.29 is 24.5 Å². The molecule has 3 N–H and O–H groups in total. The van der Waals surface area contributed by atoms with Gasteiger partial charge < -0.3 is 25.2 Å². The quantitative estimate of drug-likeness (QED) is 0.614. The van der Waals surface area contributed by atoms with Crippen molar-refractivity contribution in [2.75, 3.05) is 33.4 Å². The van der Waals surface area contributed by atoms with Gasteiger partial charge in [0.05, 0.1) is 13.2 Å². The topological polar surface area (TPSA) is 99.1 Å². The minimum atomic E-state index is -1.09. The molecule has 0 rings (SSSR count). The van der Waals surface area contributed by atoms with E-state index in [-0.39, 0.29) is 13.2 Å². The molecule has 0 heterocycles. The van der Waals surface area contributed by atoms with E-state index in [1.165, 1.54) is 12.0 Å². The molecule has 0 spiro atoms. The van der Waals surface area contributed by atoms with Crippen LogP contribution >= 0.6 is 0 Å². The zero-order valence-corrected chi connectivity index (χ0v) is 12.0. The lowest BCUT2D eigenvalue weighted by Gasteiger charge is -2.30. The fourth-order valence-electron chi connectivity index (χ4n) is 1.50. The number of carbonyl (C=O) groups is 2. The third-order valence-electron chi connectivity index (χ3n) is 2.60. The van der Waals surface area contributed by atoms with Crippen molar-refractivity contribution in [3.63, 3.8) is 0 Å². The molecular weight excluding hydrogens is 252 g/mol. The predicted molar refractivity (Wildman–Crippen MR) is 69.9 cm³/mol. The predicted octanol–water partition coefficient (Wildman–Crippen LogP) is 0.136. The molecule has 19 heavy (non-hydrogen) atoms. The van der Waals surface area contributed by atoms with Crippen molar-refractivity contribution in [2.45, 2.75) is 26.8 Å². The number of aliphatic hydroxyl groups excluding tert-OH is 1. The molecule has 0 aliphatic rings. The van der Waals surface area contributed by atoms with Gasteiger partial charge in [-0.1, -0.05) is 20.8 Å². The molecular formula is C12H24N2O5. The van der Waals surface area contributed by atoms with Crippen LogP contribution in [0.4, 0.5) is 4.79 Å². The lowest BCUT2D eigenvalue weighted by Crippen LogP contribution is -2.54. The van der Waals surface area contributed by atoms with Crippen molar-refractivity contribution in [2.24, 2.45) is 5.41 Å². The Hall–Kier alpha value is -1.34. The highest BCUT2D eigenvalue weighted by Gasteiger charge is 2.33. The number of nitrogens with zero attached hydrogens (tertiary/aromatic N) is 1. The Morgan fingerprint density at radius 1 is 1.32 bits per heavy atom. The highest BCUT2D eigenvalue weighted by Crippen LogP contribution is 2.19. The number of aliphatic carboxylic acids is 1. The number of urea groups is 1. The van der Waals surface area contributed by atoms with Crippen LogP contribution in [0.15, 0.2) is 0 Å². The van der Waals surface area contributed by atoms with Gasteiger partial charge >= 0.3 is 12.0 Å². The number of carboxylic acids is 1. The highest BCUT2D eigenvalue weighted by atomic mass is 16.5. The van der Waals surface area contributed by atoms with E-state index < -0.39 is 23.5 Å². The number of rotatable bonds is 7. The molecule has 0 radical (unpaired) electrons. The summed E-state index contributed by atoms with van der Waals surface area (Å²) < 4.78 is 4.87. The third kappa shape index (κ3) is 6.40. The van der Waals surface area contributed by atoms with Gasteiger partial charge in [0.25, 0.3) is 0 Å². The fraction of sp³-hybridized carbons (Fsp3) is 0.833. The van der Waals surface area contributed by atoms with E-state index in [0.29, 0.717) is 13.2 Å². The number of carboxylic acid groups (broad SMARTS) is 1. The van der Waals surface area contributed by atoms with Crippen molar-refractivity contribution in [3.05, 3.63) is 0 Å². The van der Waals surface area contributed by atoms with Gasteiger partial charge in [0, 0.05) is 20.2 Å². The molecule has 0 aromatic heterocycles. The monoisotopic (exact) mass is 276 g/mol. The fourth-order valence-corrected chi connectivity index (χ4v) is 1.50. The van der Waals surface area contributed by atoms with Crippen LogP contribution in [0.2, 0.25) is 0 Å². The largest absolute Gasteiger partial charge is 0.480 e. The van der Waals surface area contributed by atoms with Crippen LogP contribution in [0, 0.1) is 5.41 Å². The molecule has 112 valence electrons. The van der Waals surface area contributed by atoms with Crippen molar-refractivity contribution in [1.29, 1.82) is 0 Å². The third-order valence-corrected chi connectivity index (χ3v) is 2.60. The summed E-state index contributed by atoms with van der Waals surface area (Å²) in [5.41, 5.74) is -0.604. The molecule has 0 bridgehead atoms. The first kappa shape index (κ1) is 17.7. The summed E-state index contributed by atoms with van der Waals surface area (Å²) in [6.45, 7) is 5.75. The molecule has 7 heteroatoms. The molecule has 0 aromatic carbocycles. The van der Waals surface area contributed by atoms with E-state index in [0.717, 1.165) is 0 Å². The first-order valence-corrected chi connectivity index (χ1v) is 6.12. The zero-order chi connectivity index (χ0) is 15.1. The van der Waals surface area contributed by atoms with Gasteiger partial charge in [-0.2, -0.15) is 0 Å². The lowest BCUT2D eigenvalue weighted by molar-refractivity contribution is -0.142. The molecule has 0 aliphatic carbocycles. The van der Waals surface area contributed by atoms with Gasteiger partial charge in [-0.25, -0.2) is 9.59 Å². The minimum Gasteiger partial charge on any atom is -0.480 e. The summed E-state index contributed by atoms with van der Waals surface area (Å²) >= 11 is 0. The van der Waals surface area contributed by atoms with E-state index >= 15 is 0 Å². The van der Waals surface area contributed by atoms with E-state index in [4.69, 9.17) is 14.9 Å². The van der Waals surface area contributed by atoms with Crippen LogP contribution < -0.4 is 5.32 Å². The molecule has 0 saturated heterocycles. The molecule has 0 saturated carbocycles. The molecule has 7 nitrogen and oxygen atoms in total. The van der Waals surface area contributed by atoms with Crippen LogP contribution in [-0.2, 0) is 9.53 Å². The normalized spacial score (nSPS) is 12.9.